The third-order valence-corrected chi connectivity index (χ3v) is 5.20. The summed E-state index contributed by atoms with van der Waals surface area (Å²) >= 11 is 9.61. The summed E-state index contributed by atoms with van der Waals surface area (Å²) in [7, 11) is 2.90. The van der Waals surface area contributed by atoms with Crippen molar-refractivity contribution in [3.8, 4) is 0 Å². The van der Waals surface area contributed by atoms with Crippen LogP contribution in [0.1, 0.15) is 5.56 Å². The van der Waals surface area contributed by atoms with Crippen LogP contribution in [0.2, 0.25) is 5.28 Å². The number of imidazole rings is 1. The van der Waals surface area contributed by atoms with Gasteiger partial charge in [-0.05, 0) is 35.4 Å². The van der Waals surface area contributed by atoms with Crippen molar-refractivity contribution in [3.05, 3.63) is 70.8 Å². The van der Waals surface area contributed by atoms with Crippen molar-refractivity contribution in [3.63, 3.8) is 0 Å². The molecule has 4 rings (SSSR count). The lowest BCUT2D eigenvalue weighted by molar-refractivity contribution is 0.557. The summed E-state index contributed by atoms with van der Waals surface area (Å²) in [6.45, 7) is 0.118. The molecule has 10 heteroatoms. The Labute approximate surface area is 164 Å². The predicted molar refractivity (Wildman–Crippen MR) is 105 cm³/mol. The van der Waals surface area contributed by atoms with E-state index in [-0.39, 0.29) is 23.0 Å². The zero-order chi connectivity index (χ0) is 19.5. The van der Waals surface area contributed by atoms with Crippen LogP contribution in [-0.4, -0.2) is 18.7 Å². The van der Waals surface area contributed by atoms with E-state index in [1.54, 1.807) is 12.1 Å². The summed E-state index contributed by atoms with van der Waals surface area (Å²) in [6.07, 6.45) is 0. The van der Waals surface area contributed by atoms with Crippen LogP contribution in [0.3, 0.4) is 0 Å². The molecule has 0 aliphatic carbocycles. The van der Waals surface area contributed by atoms with Gasteiger partial charge in [0.25, 0.3) is 5.56 Å². The molecule has 0 bridgehead atoms. The molecule has 0 unspecified atom stereocenters. The van der Waals surface area contributed by atoms with Crippen molar-refractivity contribution in [1.82, 2.24) is 18.7 Å². The maximum Gasteiger partial charge on any atom is 0.336 e. The quantitative estimate of drug-likeness (QED) is 0.343. The van der Waals surface area contributed by atoms with Crippen molar-refractivity contribution in [1.29, 1.82) is 0 Å². The highest BCUT2D eigenvalue weighted by atomic mass is 79.9. The van der Waals surface area contributed by atoms with Crippen LogP contribution in [0.4, 0.5) is 0 Å². The third kappa shape index (κ3) is 2.74. The molecule has 27 heavy (non-hydrogen) atoms. The van der Waals surface area contributed by atoms with E-state index in [4.69, 9.17) is 16.0 Å². The minimum atomic E-state index is -0.517. The smallest absolute Gasteiger partial charge is 0.336 e. The fourth-order valence-electron chi connectivity index (χ4n) is 3.07. The summed E-state index contributed by atoms with van der Waals surface area (Å²) < 4.78 is 9.74. The number of hydrogen-bond donors (Lipinski definition) is 0. The van der Waals surface area contributed by atoms with Crippen molar-refractivity contribution in [2.24, 2.45) is 14.1 Å². The van der Waals surface area contributed by atoms with Crippen molar-refractivity contribution in [2.45, 2.75) is 6.54 Å². The average molecular weight is 452 g/mol. The highest BCUT2D eigenvalue weighted by Crippen LogP contribution is 2.24. The van der Waals surface area contributed by atoms with Gasteiger partial charge >= 0.3 is 11.3 Å². The zero-order valence-electron chi connectivity index (χ0n) is 14.2. The van der Waals surface area contributed by atoms with Gasteiger partial charge in [0.1, 0.15) is 5.58 Å². The molecular formula is C17H12BrClN4O4. The van der Waals surface area contributed by atoms with Crippen LogP contribution in [0.15, 0.2) is 47.5 Å². The highest BCUT2D eigenvalue weighted by molar-refractivity contribution is 9.10. The Morgan fingerprint density at radius 3 is 2.63 bits per heavy atom. The Kier molecular flexibility index (Phi) is 4.08. The monoisotopic (exact) mass is 450 g/mol. The number of aryl methyl sites for hydroxylation is 1. The van der Waals surface area contributed by atoms with Gasteiger partial charge in [0, 0.05) is 30.0 Å². The lowest BCUT2D eigenvalue weighted by Gasteiger charge is -2.09. The van der Waals surface area contributed by atoms with Gasteiger partial charge in [0.15, 0.2) is 11.2 Å². The molecular weight excluding hydrogens is 440 g/mol. The number of halogens is 2. The zero-order valence-corrected chi connectivity index (χ0v) is 16.5. The second kappa shape index (κ2) is 6.21. The van der Waals surface area contributed by atoms with Crippen LogP contribution in [-0.2, 0) is 20.6 Å². The largest absolute Gasteiger partial charge is 0.423 e. The van der Waals surface area contributed by atoms with Gasteiger partial charge in [-0.15, -0.1) is 0 Å². The first kappa shape index (κ1) is 17.7. The molecule has 0 fully saturated rings. The van der Waals surface area contributed by atoms with E-state index in [2.05, 4.69) is 20.9 Å². The topological polar surface area (TPSA) is 92.0 Å². The molecule has 0 aliphatic heterocycles. The fourth-order valence-corrected chi connectivity index (χ4v) is 3.63. The van der Waals surface area contributed by atoms with E-state index in [1.165, 1.54) is 29.3 Å². The molecule has 0 aliphatic rings. The van der Waals surface area contributed by atoms with E-state index >= 15 is 0 Å². The van der Waals surface area contributed by atoms with E-state index in [0.29, 0.717) is 16.5 Å². The number of nitrogens with zero attached hydrogens (tertiary/aromatic N) is 4. The maximum absolute atomic E-state index is 12.6. The first-order valence-corrected chi connectivity index (χ1v) is 8.99. The molecule has 1 aromatic carbocycles. The second-order valence-electron chi connectivity index (χ2n) is 6.08. The minimum Gasteiger partial charge on any atom is -0.423 e. The van der Waals surface area contributed by atoms with Crippen LogP contribution < -0.4 is 16.9 Å². The fraction of sp³-hybridized carbons (Fsp3) is 0.176. The highest BCUT2D eigenvalue weighted by Gasteiger charge is 2.19. The van der Waals surface area contributed by atoms with Crippen LogP contribution >= 0.6 is 27.5 Å². The normalized spacial score (nSPS) is 11.6. The summed E-state index contributed by atoms with van der Waals surface area (Å²) in [5.41, 5.74) is -0.131. The first-order chi connectivity index (χ1) is 12.8. The average Bonchev–Trinajstić information content (AvgIpc) is 2.94. The van der Waals surface area contributed by atoms with Crippen molar-refractivity contribution in [2.75, 3.05) is 0 Å². The summed E-state index contributed by atoms with van der Waals surface area (Å²) in [5, 5.41) is 0.749. The molecule has 0 spiro atoms. The Hall–Kier alpha value is -2.65. The lowest BCUT2D eigenvalue weighted by Crippen LogP contribution is -2.37. The molecule has 3 aromatic heterocycles. The van der Waals surface area contributed by atoms with Gasteiger partial charge < -0.3 is 8.98 Å². The molecule has 0 radical (unpaired) electrons. The van der Waals surface area contributed by atoms with Gasteiger partial charge in [-0.1, -0.05) is 15.9 Å². The van der Waals surface area contributed by atoms with Crippen molar-refractivity contribution < 1.29 is 4.42 Å². The first-order valence-electron chi connectivity index (χ1n) is 7.82. The second-order valence-corrected chi connectivity index (χ2v) is 7.33. The molecule has 4 aromatic rings. The summed E-state index contributed by atoms with van der Waals surface area (Å²) in [4.78, 5) is 40.9. The molecule has 0 N–H and O–H groups in total. The van der Waals surface area contributed by atoms with Crippen LogP contribution in [0.25, 0.3) is 22.1 Å². The number of hydrogen-bond acceptors (Lipinski definition) is 5. The number of rotatable bonds is 2. The van der Waals surface area contributed by atoms with Gasteiger partial charge in [-0.25, -0.2) is 9.59 Å². The Bertz CT molecular complexity index is 1410. The van der Waals surface area contributed by atoms with E-state index in [1.807, 2.05) is 6.07 Å². The number of aromatic nitrogens is 4. The molecule has 138 valence electrons. The Morgan fingerprint density at radius 1 is 1.15 bits per heavy atom. The molecule has 8 nitrogen and oxygen atoms in total. The lowest BCUT2D eigenvalue weighted by atomic mass is 10.1. The predicted octanol–water partition coefficient (Wildman–Crippen LogP) is 2.00. The maximum atomic E-state index is 12.6. The molecule has 0 amide bonds. The minimum absolute atomic E-state index is 0.0433. The molecule has 0 saturated carbocycles. The molecule has 0 saturated heterocycles. The van der Waals surface area contributed by atoms with E-state index in [9.17, 15) is 14.4 Å². The van der Waals surface area contributed by atoms with E-state index < -0.39 is 16.9 Å². The van der Waals surface area contributed by atoms with Crippen LogP contribution in [0.5, 0.6) is 0 Å². The van der Waals surface area contributed by atoms with Gasteiger partial charge in [0.05, 0.1) is 6.54 Å². The van der Waals surface area contributed by atoms with Crippen molar-refractivity contribution >= 4 is 49.7 Å². The molecule has 0 atom stereocenters. The summed E-state index contributed by atoms with van der Waals surface area (Å²) in [5.74, 6) is 0. The standard InChI is InChI=1S/C17H12BrClN4O4/c1-21-14-13(15(25)22(2)17(21)26)23(16(19)20-14)7-8-5-12(24)27-11-6-9(18)3-4-10(8)11/h3-6H,7H2,1-2H3. The molecule has 3 heterocycles. The summed E-state index contributed by atoms with van der Waals surface area (Å²) in [6, 6.07) is 6.67. The SMILES string of the molecule is Cn1c(=O)c2c(nc(Cl)n2Cc2cc(=O)oc3cc(Br)ccc23)n(C)c1=O. The third-order valence-electron chi connectivity index (χ3n) is 4.42. The van der Waals surface area contributed by atoms with Gasteiger partial charge in [-0.3, -0.25) is 13.9 Å². The van der Waals surface area contributed by atoms with Crippen LogP contribution in [0, 0.1) is 0 Å². The Balaban J connectivity index is 2.02. The number of benzene rings is 1. The number of fused-ring (bicyclic) bond motifs is 2. The Morgan fingerprint density at radius 2 is 1.89 bits per heavy atom. The van der Waals surface area contributed by atoms with Gasteiger partial charge in [0.2, 0.25) is 5.28 Å². The van der Waals surface area contributed by atoms with E-state index in [0.717, 1.165) is 9.04 Å². The van der Waals surface area contributed by atoms with Gasteiger partial charge in [-0.2, -0.15) is 4.98 Å².